The number of nitrogens with zero attached hydrogens (tertiary/aromatic N) is 3. The number of aryl methyl sites for hydroxylation is 2. The van der Waals surface area contributed by atoms with Crippen molar-refractivity contribution in [3.05, 3.63) is 58.9 Å². The highest BCUT2D eigenvalue weighted by Crippen LogP contribution is 2.31. The Morgan fingerprint density at radius 2 is 1.97 bits per heavy atom. The average molecular weight is 410 g/mol. The summed E-state index contributed by atoms with van der Waals surface area (Å²) in [4.78, 5) is 9.39. The third-order valence-electron chi connectivity index (χ3n) is 6.15. The Morgan fingerprint density at radius 1 is 1.13 bits per heavy atom. The standard InChI is InChI=1S/C25H35N3O2/c1-2-30-25-17-23-8-3-7-22(23)16-24(25)20-28(19-21-6-4-9-26-18-21)11-5-10-27-12-14-29-15-13-27/h4,6,9,16-18H,2-3,5,7-8,10-15,19-20H2,1H3. The second-order valence-electron chi connectivity index (χ2n) is 8.39. The molecular weight excluding hydrogens is 374 g/mol. The van der Waals surface area contributed by atoms with Gasteiger partial charge in [-0.2, -0.15) is 0 Å². The Bertz CT molecular complexity index is 790. The number of aromatic nitrogens is 1. The van der Waals surface area contributed by atoms with Crippen LogP contribution in [0.4, 0.5) is 0 Å². The van der Waals surface area contributed by atoms with E-state index in [1.54, 1.807) is 0 Å². The number of pyridine rings is 1. The lowest BCUT2D eigenvalue weighted by atomic mass is 10.0. The quantitative estimate of drug-likeness (QED) is 0.598. The second-order valence-corrected chi connectivity index (χ2v) is 8.39. The van der Waals surface area contributed by atoms with E-state index in [-0.39, 0.29) is 0 Å². The molecule has 1 fully saturated rings. The van der Waals surface area contributed by atoms with Crippen LogP contribution in [0.1, 0.15) is 42.0 Å². The van der Waals surface area contributed by atoms with Gasteiger partial charge in [-0.25, -0.2) is 0 Å². The van der Waals surface area contributed by atoms with Crippen LogP contribution < -0.4 is 4.74 Å². The maximum Gasteiger partial charge on any atom is 0.124 e. The molecule has 2 aliphatic rings. The fourth-order valence-electron chi connectivity index (χ4n) is 4.61. The molecule has 1 aliphatic heterocycles. The van der Waals surface area contributed by atoms with Gasteiger partial charge in [-0.1, -0.05) is 12.1 Å². The van der Waals surface area contributed by atoms with Crippen molar-refractivity contribution in [2.45, 2.75) is 45.7 Å². The molecule has 0 radical (unpaired) electrons. The zero-order valence-electron chi connectivity index (χ0n) is 18.3. The average Bonchev–Trinajstić information content (AvgIpc) is 3.23. The molecule has 162 valence electrons. The van der Waals surface area contributed by atoms with Gasteiger partial charge in [0.15, 0.2) is 0 Å². The minimum Gasteiger partial charge on any atom is -0.494 e. The van der Waals surface area contributed by atoms with E-state index in [2.05, 4.69) is 39.9 Å². The summed E-state index contributed by atoms with van der Waals surface area (Å²) in [6.45, 7) is 10.7. The maximum absolute atomic E-state index is 6.05. The summed E-state index contributed by atoms with van der Waals surface area (Å²) in [7, 11) is 0. The Balaban J connectivity index is 1.46. The molecule has 0 saturated carbocycles. The molecule has 2 heterocycles. The van der Waals surface area contributed by atoms with Gasteiger partial charge in [0.25, 0.3) is 0 Å². The van der Waals surface area contributed by atoms with Crippen LogP contribution in [-0.2, 0) is 30.7 Å². The van der Waals surface area contributed by atoms with Crippen molar-refractivity contribution in [2.75, 3.05) is 46.0 Å². The van der Waals surface area contributed by atoms with Gasteiger partial charge in [-0.3, -0.25) is 14.8 Å². The largest absolute Gasteiger partial charge is 0.494 e. The first-order chi connectivity index (χ1) is 14.8. The first kappa shape index (κ1) is 21.3. The number of morpholine rings is 1. The van der Waals surface area contributed by atoms with Gasteiger partial charge in [0.05, 0.1) is 19.8 Å². The Labute approximate surface area is 181 Å². The summed E-state index contributed by atoms with van der Waals surface area (Å²) >= 11 is 0. The molecule has 0 atom stereocenters. The summed E-state index contributed by atoms with van der Waals surface area (Å²) in [5.74, 6) is 1.07. The smallest absolute Gasteiger partial charge is 0.124 e. The zero-order valence-corrected chi connectivity index (χ0v) is 18.3. The van der Waals surface area contributed by atoms with E-state index >= 15 is 0 Å². The molecule has 0 amide bonds. The van der Waals surface area contributed by atoms with Gasteiger partial charge in [0.2, 0.25) is 0 Å². The number of fused-ring (bicyclic) bond motifs is 1. The van der Waals surface area contributed by atoms with Gasteiger partial charge in [0.1, 0.15) is 5.75 Å². The molecule has 0 spiro atoms. The van der Waals surface area contributed by atoms with E-state index in [4.69, 9.17) is 9.47 Å². The molecule has 1 aromatic carbocycles. The van der Waals surface area contributed by atoms with Crippen molar-refractivity contribution in [1.29, 1.82) is 0 Å². The van der Waals surface area contributed by atoms with Gasteiger partial charge < -0.3 is 9.47 Å². The first-order valence-electron chi connectivity index (χ1n) is 11.5. The van der Waals surface area contributed by atoms with Crippen molar-refractivity contribution in [1.82, 2.24) is 14.8 Å². The summed E-state index contributed by atoms with van der Waals surface area (Å²) in [5.41, 5.74) is 5.59. The predicted molar refractivity (Wildman–Crippen MR) is 120 cm³/mol. The molecule has 0 unspecified atom stereocenters. The molecule has 1 saturated heterocycles. The van der Waals surface area contributed by atoms with E-state index in [0.29, 0.717) is 6.61 Å². The number of ether oxygens (including phenoxy) is 2. The minimum atomic E-state index is 0.714. The van der Waals surface area contributed by atoms with Crippen LogP contribution in [-0.4, -0.2) is 60.8 Å². The molecular formula is C25H35N3O2. The van der Waals surface area contributed by atoms with Crippen molar-refractivity contribution >= 4 is 0 Å². The lowest BCUT2D eigenvalue weighted by Crippen LogP contribution is -2.38. The first-order valence-corrected chi connectivity index (χ1v) is 11.5. The molecule has 0 bridgehead atoms. The topological polar surface area (TPSA) is 37.8 Å². The number of hydrogen-bond acceptors (Lipinski definition) is 5. The van der Waals surface area contributed by atoms with E-state index in [0.717, 1.165) is 64.7 Å². The Morgan fingerprint density at radius 3 is 2.73 bits per heavy atom. The highest BCUT2D eigenvalue weighted by Gasteiger charge is 2.18. The fourth-order valence-corrected chi connectivity index (χ4v) is 4.61. The normalized spacial score (nSPS) is 16.7. The van der Waals surface area contributed by atoms with Gasteiger partial charge in [-0.15, -0.1) is 0 Å². The molecule has 1 aliphatic carbocycles. The van der Waals surface area contributed by atoms with Crippen LogP contribution in [0.3, 0.4) is 0 Å². The molecule has 5 nitrogen and oxygen atoms in total. The Kier molecular flexibility index (Phi) is 7.73. The molecule has 30 heavy (non-hydrogen) atoms. The fraction of sp³-hybridized carbons (Fsp3) is 0.560. The van der Waals surface area contributed by atoms with Crippen molar-refractivity contribution in [3.8, 4) is 5.75 Å². The monoisotopic (exact) mass is 409 g/mol. The summed E-state index contributed by atoms with van der Waals surface area (Å²) in [6.07, 6.45) is 8.66. The van der Waals surface area contributed by atoms with E-state index < -0.39 is 0 Å². The van der Waals surface area contributed by atoms with E-state index in [9.17, 15) is 0 Å². The van der Waals surface area contributed by atoms with Gasteiger partial charge in [0, 0.05) is 50.7 Å². The van der Waals surface area contributed by atoms with Crippen LogP contribution in [0, 0.1) is 0 Å². The highest BCUT2D eigenvalue weighted by molar-refractivity contribution is 5.45. The zero-order chi connectivity index (χ0) is 20.6. The number of benzene rings is 1. The molecule has 5 heteroatoms. The highest BCUT2D eigenvalue weighted by atomic mass is 16.5. The van der Waals surface area contributed by atoms with E-state index in [1.807, 2.05) is 18.5 Å². The van der Waals surface area contributed by atoms with Crippen LogP contribution in [0.25, 0.3) is 0 Å². The molecule has 4 rings (SSSR count). The van der Waals surface area contributed by atoms with Crippen molar-refractivity contribution in [3.63, 3.8) is 0 Å². The third kappa shape index (κ3) is 5.81. The summed E-state index contributed by atoms with van der Waals surface area (Å²) in [5, 5.41) is 0. The lowest BCUT2D eigenvalue weighted by Gasteiger charge is -2.29. The van der Waals surface area contributed by atoms with E-state index in [1.165, 1.54) is 41.5 Å². The van der Waals surface area contributed by atoms with Crippen LogP contribution in [0.5, 0.6) is 5.75 Å². The SMILES string of the molecule is CCOc1cc2c(cc1CN(CCCN1CCOCC1)Cc1cccnc1)CCC2. The third-order valence-corrected chi connectivity index (χ3v) is 6.15. The second kappa shape index (κ2) is 10.9. The molecule has 1 aromatic heterocycles. The number of rotatable bonds is 10. The summed E-state index contributed by atoms with van der Waals surface area (Å²) < 4.78 is 11.5. The Hall–Kier alpha value is -1.95. The van der Waals surface area contributed by atoms with Crippen LogP contribution in [0.2, 0.25) is 0 Å². The van der Waals surface area contributed by atoms with Gasteiger partial charge in [-0.05, 0) is 68.0 Å². The molecule has 2 aromatic rings. The number of hydrogen-bond donors (Lipinski definition) is 0. The van der Waals surface area contributed by atoms with Crippen LogP contribution >= 0.6 is 0 Å². The van der Waals surface area contributed by atoms with Crippen molar-refractivity contribution < 1.29 is 9.47 Å². The predicted octanol–water partition coefficient (Wildman–Crippen LogP) is 3.69. The van der Waals surface area contributed by atoms with Gasteiger partial charge >= 0.3 is 0 Å². The molecule has 0 N–H and O–H groups in total. The minimum absolute atomic E-state index is 0.714. The van der Waals surface area contributed by atoms with Crippen LogP contribution in [0.15, 0.2) is 36.7 Å². The summed E-state index contributed by atoms with van der Waals surface area (Å²) in [6, 6.07) is 8.92. The maximum atomic E-state index is 6.05. The lowest BCUT2D eigenvalue weighted by molar-refractivity contribution is 0.0358. The van der Waals surface area contributed by atoms with Crippen molar-refractivity contribution in [2.24, 2.45) is 0 Å².